The number of anilines is 2. The normalized spacial score (nSPS) is 11.9. The average Bonchev–Trinajstić information content (AvgIpc) is 2.38. The van der Waals surface area contributed by atoms with Crippen molar-refractivity contribution in [1.82, 2.24) is 4.90 Å². The van der Waals surface area contributed by atoms with E-state index in [1.807, 2.05) is 14.1 Å². The highest BCUT2D eigenvalue weighted by atomic mass is 32.2. The van der Waals surface area contributed by atoms with Crippen molar-refractivity contribution in [3.63, 3.8) is 0 Å². The van der Waals surface area contributed by atoms with E-state index in [0.717, 1.165) is 38.2 Å². The molecule has 0 aromatic heterocycles. The summed E-state index contributed by atoms with van der Waals surface area (Å²) in [4.78, 5) is 25.2. The number of thiol groups is 1. The molecule has 1 aromatic carbocycles. The Balaban J connectivity index is 2.36. The Labute approximate surface area is 123 Å². The molecule has 0 spiro atoms. The number of unbranched alkanes of at least 4 members (excludes halogenated alkanes) is 1. The minimum atomic E-state index is -0.379. The number of hydrogen-bond acceptors (Lipinski definition) is 5. The molecule has 0 amide bonds. The van der Waals surface area contributed by atoms with Crippen LogP contribution in [0, 0.1) is 0 Å². The fraction of sp³-hybridized carbons (Fsp3) is 0.714. The molecule has 2 N–H and O–H groups in total. The van der Waals surface area contributed by atoms with Gasteiger partial charge in [-0.1, -0.05) is 0 Å². The quantitative estimate of drug-likeness (QED) is 0.337. The summed E-state index contributed by atoms with van der Waals surface area (Å²) in [7, 11) is 4.11. The Morgan fingerprint density at radius 2 is 1.50 bits per heavy atom. The lowest BCUT2D eigenvalue weighted by atomic mass is 10.2. The summed E-state index contributed by atoms with van der Waals surface area (Å²) < 4.78 is 0. The molecule has 0 radical (unpaired) electrons. The van der Waals surface area contributed by atoms with E-state index in [0.29, 0.717) is 11.4 Å². The molecule has 20 heavy (non-hydrogen) atoms. The second-order valence-electron chi connectivity index (χ2n) is 5.58. The zero-order chi connectivity index (χ0) is 15.1. The predicted molar refractivity (Wildman–Crippen MR) is 91.8 cm³/mol. The van der Waals surface area contributed by atoms with Crippen LogP contribution in [0.1, 0.15) is 12.8 Å². The van der Waals surface area contributed by atoms with Gasteiger partial charge in [0.15, 0.2) is 0 Å². The maximum absolute atomic E-state index is 11.5. The molecule has 1 rings (SSSR count). The van der Waals surface area contributed by atoms with Crippen molar-refractivity contribution in [2.75, 3.05) is 62.6 Å². The van der Waals surface area contributed by atoms with Gasteiger partial charge in [-0.3, -0.25) is 20.5 Å². The summed E-state index contributed by atoms with van der Waals surface area (Å²) in [5.41, 5.74) is 0.212. The molecule has 0 bridgehead atoms. The topological polar surface area (TPSA) is 61.4 Å². The molecule has 0 saturated heterocycles. The van der Waals surface area contributed by atoms with Gasteiger partial charge in [0.1, 0.15) is 11.4 Å². The van der Waals surface area contributed by atoms with Crippen molar-refractivity contribution >= 4 is 22.3 Å². The van der Waals surface area contributed by atoms with E-state index in [-0.39, 0.29) is 21.8 Å². The lowest BCUT2D eigenvalue weighted by molar-refractivity contribution is 0.396. The summed E-state index contributed by atoms with van der Waals surface area (Å²) in [5.74, 6) is 1.05. The first-order chi connectivity index (χ1) is 9.43. The smallest absolute Gasteiger partial charge is 0.253 e. The zero-order valence-corrected chi connectivity index (χ0v) is 13.8. The number of rotatable bonds is 10. The average molecular weight is 301 g/mol. The lowest BCUT2D eigenvalue weighted by Gasteiger charge is -2.16. The van der Waals surface area contributed by atoms with Crippen LogP contribution in [0.15, 0.2) is 9.59 Å². The van der Waals surface area contributed by atoms with Crippen LogP contribution in [0.5, 0.6) is 0 Å². The zero-order valence-electron chi connectivity index (χ0n) is 13.0. The van der Waals surface area contributed by atoms with E-state index in [9.17, 15) is 9.59 Å². The minimum Gasteiger partial charge on any atom is -0.380 e. The summed E-state index contributed by atoms with van der Waals surface area (Å²) in [6, 6.07) is 0. The SMILES string of the molecule is CN(C)CCCCNc1c(NCC[SH](C)C)c(=O)c1=O. The molecular weight excluding hydrogens is 274 g/mol. The predicted octanol–water partition coefficient (Wildman–Crippen LogP) is 0.709. The maximum Gasteiger partial charge on any atom is 0.253 e. The number of nitrogens with one attached hydrogen (secondary N) is 2. The van der Waals surface area contributed by atoms with Gasteiger partial charge in [-0.2, -0.15) is 0 Å². The Morgan fingerprint density at radius 1 is 0.950 bits per heavy atom. The van der Waals surface area contributed by atoms with Crippen LogP contribution < -0.4 is 21.5 Å². The van der Waals surface area contributed by atoms with E-state index in [2.05, 4.69) is 28.0 Å². The highest BCUT2D eigenvalue weighted by Crippen LogP contribution is 2.16. The summed E-state index contributed by atoms with van der Waals surface area (Å²) in [6.07, 6.45) is 6.46. The van der Waals surface area contributed by atoms with Gasteiger partial charge in [-0.25, -0.2) is 0 Å². The van der Waals surface area contributed by atoms with Crippen molar-refractivity contribution in [2.45, 2.75) is 12.8 Å². The van der Waals surface area contributed by atoms with Crippen molar-refractivity contribution in [3.05, 3.63) is 20.4 Å². The standard InChI is InChI=1S/C14H27N3O2S/c1-17(2)9-6-5-7-15-11-12(14(19)13(11)18)16-8-10-20(3)4/h15-16,20H,5-10H2,1-4H3. The fourth-order valence-electron chi connectivity index (χ4n) is 1.90. The second-order valence-corrected chi connectivity index (χ2v) is 8.18. The molecular formula is C14H27N3O2S. The molecule has 1 aromatic rings. The third-order valence-corrected chi connectivity index (χ3v) is 4.22. The highest BCUT2D eigenvalue weighted by Gasteiger charge is 2.19. The molecule has 0 heterocycles. The van der Waals surface area contributed by atoms with E-state index < -0.39 is 0 Å². The summed E-state index contributed by atoms with van der Waals surface area (Å²) >= 11 is 0. The third-order valence-electron chi connectivity index (χ3n) is 3.11. The van der Waals surface area contributed by atoms with Crippen LogP contribution in [0.4, 0.5) is 11.4 Å². The first-order valence-corrected chi connectivity index (χ1v) is 9.46. The summed E-state index contributed by atoms with van der Waals surface area (Å²) in [6.45, 7) is 2.54. The number of hydrogen-bond donors (Lipinski definition) is 3. The van der Waals surface area contributed by atoms with Crippen LogP contribution in [-0.2, 0) is 0 Å². The van der Waals surface area contributed by atoms with E-state index in [1.165, 1.54) is 0 Å². The van der Waals surface area contributed by atoms with Crippen LogP contribution in [0.3, 0.4) is 0 Å². The van der Waals surface area contributed by atoms with Crippen LogP contribution in [-0.4, -0.2) is 56.9 Å². The van der Waals surface area contributed by atoms with Gasteiger partial charge in [0, 0.05) is 13.1 Å². The van der Waals surface area contributed by atoms with Gasteiger partial charge in [0.2, 0.25) is 0 Å². The van der Waals surface area contributed by atoms with E-state index in [1.54, 1.807) is 0 Å². The molecule has 5 nitrogen and oxygen atoms in total. The van der Waals surface area contributed by atoms with Gasteiger partial charge >= 0.3 is 0 Å². The third kappa shape index (κ3) is 5.17. The monoisotopic (exact) mass is 301 g/mol. The molecule has 0 saturated carbocycles. The Kier molecular flexibility index (Phi) is 7.09. The van der Waals surface area contributed by atoms with Crippen LogP contribution in [0.2, 0.25) is 0 Å². The van der Waals surface area contributed by atoms with Crippen molar-refractivity contribution in [1.29, 1.82) is 0 Å². The molecule has 116 valence electrons. The van der Waals surface area contributed by atoms with Gasteiger partial charge in [0.25, 0.3) is 10.9 Å². The minimum absolute atomic E-state index is 0.0198. The van der Waals surface area contributed by atoms with E-state index >= 15 is 0 Å². The first kappa shape index (κ1) is 17.0. The number of nitrogens with zero attached hydrogens (tertiary/aromatic N) is 1. The first-order valence-electron chi connectivity index (χ1n) is 7.04. The van der Waals surface area contributed by atoms with Crippen molar-refractivity contribution in [2.24, 2.45) is 0 Å². The van der Waals surface area contributed by atoms with Crippen molar-refractivity contribution < 1.29 is 0 Å². The molecule has 0 aliphatic rings. The largest absolute Gasteiger partial charge is 0.380 e. The Morgan fingerprint density at radius 3 is 2.00 bits per heavy atom. The Bertz CT molecular complexity index is 479. The van der Waals surface area contributed by atoms with Crippen molar-refractivity contribution in [3.8, 4) is 0 Å². The molecule has 0 aliphatic heterocycles. The Hall–Kier alpha value is -1.01. The summed E-state index contributed by atoms with van der Waals surface area (Å²) in [5, 5.41) is 6.19. The van der Waals surface area contributed by atoms with Crippen LogP contribution >= 0.6 is 10.9 Å². The fourth-order valence-corrected chi connectivity index (χ4v) is 2.46. The highest BCUT2D eigenvalue weighted by molar-refractivity contribution is 8.15. The molecule has 6 heteroatoms. The molecule has 0 fully saturated rings. The van der Waals surface area contributed by atoms with Gasteiger partial charge < -0.3 is 15.5 Å². The van der Waals surface area contributed by atoms with Gasteiger partial charge in [-0.15, -0.1) is 0 Å². The molecule has 0 unspecified atom stereocenters. The molecule has 0 atom stereocenters. The molecule has 0 aliphatic carbocycles. The van der Waals surface area contributed by atoms with E-state index in [4.69, 9.17) is 0 Å². The van der Waals surface area contributed by atoms with Gasteiger partial charge in [0.05, 0.1) is 0 Å². The van der Waals surface area contributed by atoms with Crippen LogP contribution in [0.25, 0.3) is 0 Å². The maximum atomic E-state index is 11.5. The lowest BCUT2D eigenvalue weighted by Crippen LogP contribution is -2.38. The van der Waals surface area contributed by atoms with Gasteiger partial charge in [-0.05, 0) is 51.7 Å². The second kappa shape index (κ2) is 8.32.